The molecule has 0 aromatic heterocycles. The van der Waals surface area contributed by atoms with Crippen LogP contribution >= 0.6 is 0 Å². The fourth-order valence-corrected chi connectivity index (χ4v) is 3.67. The Labute approximate surface area is 204 Å². The zero-order chi connectivity index (χ0) is 24.7. The van der Waals surface area contributed by atoms with Gasteiger partial charge in [-0.15, -0.1) is 0 Å². The predicted molar refractivity (Wildman–Crippen MR) is 125 cm³/mol. The second kappa shape index (κ2) is 12.9. The molecule has 194 valence electrons. The highest BCUT2D eigenvalue weighted by atomic mass is 19.1. The summed E-state index contributed by atoms with van der Waals surface area (Å²) >= 11 is 0. The number of ether oxygens (including phenoxy) is 2. The summed E-state index contributed by atoms with van der Waals surface area (Å²) in [7, 11) is 0. The number of halogens is 1. The van der Waals surface area contributed by atoms with Crippen LogP contribution in [0.25, 0.3) is 0 Å². The minimum atomic E-state index is -0.609. The lowest BCUT2D eigenvalue weighted by Gasteiger charge is -2.24. The van der Waals surface area contributed by atoms with Gasteiger partial charge in [0, 0.05) is 26.4 Å². The van der Waals surface area contributed by atoms with Crippen molar-refractivity contribution in [2.24, 2.45) is 0 Å². The van der Waals surface area contributed by atoms with Gasteiger partial charge in [-0.1, -0.05) is 7.43 Å². The van der Waals surface area contributed by atoms with E-state index in [1.807, 2.05) is 0 Å². The number of nitrogens with one attached hydrogen (secondary N) is 1. The molecule has 2 fully saturated rings. The molecule has 1 atom stereocenters. The molecule has 3 amide bonds. The van der Waals surface area contributed by atoms with Gasteiger partial charge in [-0.2, -0.15) is 0 Å². The standard InChI is InChI=1S/C22H29FN4O7.CH4/c1-3-32-21(30)7-6-20(29)27-9-8-25(10-11-33-27)19-5-4-16(12-18(19)23)26-14-17(34-22(26)31)13-24-15(2)28;/h4-5,12,17H,3,6-11,13-14H2,1-2H3,(H,24,28);1H4/t17-;/m0./s1. The molecule has 0 bridgehead atoms. The van der Waals surface area contributed by atoms with E-state index in [1.165, 1.54) is 23.0 Å². The molecule has 1 aromatic rings. The van der Waals surface area contributed by atoms with Crippen molar-refractivity contribution in [3.05, 3.63) is 24.0 Å². The van der Waals surface area contributed by atoms with Crippen molar-refractivity contribution in [3.8, 4) is 0 Å². The van der Waals surface area contributed by atoms with Crippen LogP contribution in [0.4, 0.5) is 20.6 Å². The van der Waals surface area contributed by atoms with Crippen molar-refractivity contribution in [3.63, 3.8) is 0 Å². The van der Waals surface area contributed by atoms with E-state index in [9.17, 15) is 23.6 Å². The lowest BCUT2D eigenvalue weighted by atomic mass is 10.2. The molecule has 0 spiro atoms. The third-order valence-electron chi connectivity index (χ3n) is 5.34. The number of benzene rings is 1. The first-order chi connectivity index (χ1) is 16.3. The number of hydrogen-bond donors (Lipinski definition) is 1. The van der Waals surface area contributed by atoms with Crippen LogP contribution < -0.4 is 15.1 Å². The minimum absolute atomic E-state index is 0. The number of hydroxylamine groups is 2. The summed E-state index contributed by atoms with van der Waals surface area (Å²) in [5.41, 5.74) is 0.661. The molecule has 35 heavy (non-hydrogen) atoms. The van der Waals surface area contributed by atoms with Gasteiger partial charge in [-0.25, -0.2) is 14.2 Å². The zero-order valence-corrected chi connectivity index (χ0v) is 19.3. The summed E-state index contributed by atoms with van der Waals surface area (Å²) in [6.45, 7) is 4.73. The van der Waals surface area contributed by atoms with E-state index in [2.05, 4.69) is 5.32 Å². The van der Waals surface area contributed by atoms with E-state index in [1.54, 1.807) is 24.0 Å². The monoisotopic (exact) mass is 496 g/mol. The van der Waals surface area contributed by atoms with Gasteiger partial charge >= 0.3 is 12.1 Å². The van der Waals surface area contributed by atoms with Gasteiger partial charge in [0.25, 0.3) is 0 Å². The highest BCUT2D eigenvalue weighted by molar-refractivity contribution is 5.90. The van der Waals surface area contributed by atoms with Gasteiger partial charge in [0.2, 0.25) is 11.8 Å². The van der Waals surface area contributed by atoms with Crippen LogP contribution in [0.1, 0.15) is 34.1 Å². The fraction of sp³-hybridized carbons (Fsp3) is 0.565. The molecule has 2 aliphatic heterocycles. The fourth-order valence-electron chi connectivity index (χ4n) is 3.67. The van der Waals surface area contributed by atoms with Gasteiger partial charge in [0.15, 0.2) is 0 Å². The van der Waals surface area contributed by atoms with Crippen LogP contribution in [-0.2, 0) is 28.7 Å². The Morgan fingerprint density at radius 3 is 2.66 bits per heavy atom. The maximum absolute atomic E-state index is 15.0. The van der Waals surface area contributed by atoms with Crippen LogP contribution in [-0.4, -0.2) is 81.0 Å². The average molecular weight is 497 g/mol. The molecule has 2 heterocycles. The number of carbonyl (C=O) groups excluding carboxylic acids is 4. The highest BCUT2D eigenvalue weighted by Gasteiger charge is 2.33. The summed E-state index contributed by atoms with van der Waals surface area (Å²) < 4.78 is 25.0. The van der Waals surface area contributed by atoms with Crippen LogP contribution in [0, 0.1) is 5.82 Å². The second-order valence-corrected chi connectivity index (χ2v) is 7.81. The summed E-state index contributed by atoms with van der Waals surface area (Å²) in [5.74, 6) is -1.55. The van der Waals surface area contributed by atoms with Crippen molar-refractivity contribution >= 4 is 35.3 Å². The largest absolute Gasteiger partial charge is 0.466 e. The SMILES string of the molecule is C.CCOC(=O)CCC(=O)N1CCN(c2ccc(N3C[C@H](CNC(C)=O)OC3=O)cc2F)CCO1. The molecule has 0 unspecified atom stereocenters. The molecule has 1 N–H and O–H groups in total. The molecule has 0 radical (unpaired) electrons. The first-order valence-electron chi connectivity index (χ1n) is 11.1. The third kappa shape index (κ3) is 7.54. The molecule has 3 rings (SSSR count). The van der Waals surface area contributed by atoms with E-state index in [-0.39, 0.29) is 64.9 Å². The van der Waals surface area contributed by atoms with E-state index in [0.29, 0.717) is 24.5 Å². The van der Waals surface area contributed by atoms with Gasteiger partial charge in [-0.3, -0.25) is 24.1 Å². The Morgan fingerprint density at radius 2 is 1.97 bits per heavy atom. The van der Waals surface area contributed by atoms with Gasteiger partial charge in [0.1, 0.15) is 11.9 Å². The van der Waals surface area contributed by atoms with E-state index < -0.39 is 24.0 Å². The first kappa shape index (κ1) is 27.8. The van der Waals surface area contributed by atoms with Crippen LogP contribution in [0.15, 0.2) is 18.2 Å². The number of cyclic esters (lactones) is 1. The maximum Gasteiger partial charge on any atom is 0.414 e. The Hall–Kier alpha value is -3.41. The lowest BCUT2D eigenvalue weighted by molar-refractivity contribution is -0.182. The second-order valence-electron chi connectivity index (χ2n) is 7.81. The van der Waals surface area contributed by atoms with Gasteiger partial charge in [-0.05, 0) is 25.1 Å². The summed E-state index contributed by atoms with van der Waals surface area (Å²) in [6.07, 6.45) is -1.19. The predicted octanol–water partition coefficient (Wildman–Crippen LogP) is 1.85. The zero-order valence-electron chi connectivity index (χ0n) is 19.3. The molecule has 0 aliphatic carbocycles. The number of anilines is 2. The van der Waals surface area contributed by atoms with Crippen molar-refractivity contribution < 1.29 is 37.9 Å². The number of carbonyl (C=O) groups is 4. The molecule has 2 aliphatic rings. The number of rotatable bonds is 8. The van der Waals surface area contributed by atoms with E-state index in [0.717, 1.165) is 0 Å². The smallest absolute Gasteiger partial charge is 0.414 e. The van der Waals surface area contributed by atoms with E-state index >= 15 is 0 Å². The quantitative estimate of drug-likeness (QED) is 0.542. The Bertz CT molecular complexity index is 929. The molecule has 0 saturated carbocycles. The summed E-state index contributed by atoms with van der Waals surface area (Å²) in [6, 6.07) is 4.44. The average Bonchev–Trinajstić information content (AvgIpc) is 3.00. The van der Waals surface area contributed by atoms with Crippen molar-refractivity contribution in [2.75, 3.05) is 55.7 Å². The van der Waals surface area contributed by atoms with Crippen molar-refractivity contribution in [1.29, 1.82) is 0 Å². The highest BCUT2D eigenvalue weighted by Crippen LogP contribution is 2.28. The number of hydrogen-bond acceptors (Lipinski definition) is 8. The first-order valence-corrected chi connectivity index (χ1v) is 11.1. The van der Waals surface area contributed by atoms with Crippen molar-refractivity contribution in [1.82, 2.24) is 10.4 Å². The van der Waals surface area contributed by atoms with Crippen LogP contribution in [0.5, 0.6) is 0 Å². The van der Waals surface area contributed by atoms with Crippen LogP contribution in [0.2, 0.25) is 0 Å². The number of nitrogens with zero attached hydrogens (tertiary/aromatic N) is 3. The summed E-state index contributed by atoms with van der Waals surface area (Å²) in [4.78, 5) is 55.6. The number of esters is 1. The van der Waals surface area contributed by atoms with Gasteiger partial charge < -0.3 is 19.7 Å². The van der Waals surface area contributed by atoms with Gasteiger partial charge in [0.05, 0.1) is 50.6 Å². The molecule has 11 nitrogen and oxygen atoms in total. The Kier molecular flexibility index (Phi) is 10.2. The number of amides is 3. The molecule has 12 heteroatoms. The third-order valence-corrected chi connectivity index (χ3v) is 5.34. The summed E-state index contributed by atoms with van der Waals surface area (Å²) in [5, 5.41) is 3.79. The normalized spacial score (nSPS) is 17.9. The van der Waals surface area contributed by atoms with Crippen LogP contribution in [0.3, 0.4) is 0 Å². The van der Waals surface area contributed by atoms with Crippen molar-refractivity contribution in [2.45, 2.75) is 40.2 Å². The maximum atomic E-state index is 15.0. The molecular formula is C23H33FN4O7. The molecule has 1 aromatic carbocycles. The Balaban J connectivity index is 0.00000432. The van der Waals surface area contributed by atoms with E-state index in [4.69, 9.17) is 14.3 Å². The molecule has 2 saturated heterocycles. The Morgan fingerprint density at radius 1 is 1.20 bits per heavy atom. The topological polar surface area (TPSA) is 118 Å². The minimum Gasteiger partial charge on any atom is -0.466 e. The lowest BCUT2D eigenvalue weighted by Crippen LogP contribution is -2.35. The molecular weight excluding hydrogens is 463 g/mol.